The van der Waals surface area contributed by atoms with E-state index < -0.39 is 0 Å². The van der Waals surface area contributed by atoms with E-state index in [0.29, 0.717) is 12.0 Å². The third-order valence-corrected chi connectivity index (χ3v) is 4.12. The van der Waals surface area contributed by atoms with E-state index in [1.54, 1.807) is 14.2 Å². The molecule has 1 aromatic rings. The second kappa shape index (κ2) is 8.93. The number of benzene rings is 1. The Kier molecular flexibility index (Phi) is 7.58. The van der Waals surface area contributed by atoms with Crippen LogP contribution in [0.1, 0.15) is 57.2 Å². The van der Waals surface area contributed by atoms with E-state index in [2.05, 4.69) is 45.1 Å². The van der Waals surface area contributed by atoms with Crippen molar-refractivity contribution in [2.75, 3.05) is 20.8 Å². The van der Waals surface area contributed by atoms with Crippen molar-refractivity contribution >= 4 is 0 Å². The van der Waals surface area contributed by atoms with Crippen LogP contribution in [-0.2, 0) is 0 Å². The fraction of sp³-hybridized carbons (Fsp3) is 0.667. The minimum atomic E-state index is 0.375. The van der Waals surface area contributed by atoms with E-state index in [-0.39, 0.29) is 0 Å². The number of rotatable bonds is 9. The van der Waals surface area contributed by atoms with Crippen molar-refractivity contribution in [1.29, 1.82) is 0 Å². The standard InChI is InChI=1S/C18H31NO2/c1-7-9-19-16(10-13(3)8-2)15-12-18(21-6)17(20-5)11-14(15)4/h11-13,16,19H,7-10H2,1-6H3. The molecule has 2 atom stereocenters. The van der Waals surface area contributed by atoms with E-state index in [1.165, 1.54) is 17.5 Å². The monoisotopic (exact) mass is 293 g/mol. The van der Waals surface area contributed by atoms with Crippen LogP contribution in [-0.4, -0.2) is 20.8 Å². The van der Waals surface area contributed by atoms with Gasteiger partial charge in [0.05, 0.1) is 14.2 Å². The highest BCUT2D eigenvalue weighted by molar-refractivity contribution is 5.48. The van der Waals surface area contributed by atoms with Gasteiger partial charge in [-0.25, -0.2) is 0 Å². The van der Waals surface area contributed by atoms with Gasteiger partial charge in [0, 0.05) is 6.04 Å². The summed E-state index contributed by atoms with van der Waals surface area (Å²) >= 11 is 0. The average Bonchev–Trinajstić information content (AvgIpc) is 2.50. The summed E-state index contributed by atoms with van der Waals surface area (Å²) in [6.07, 6.45) is 3.49. The van der Waals surface area contributed by atoms with Crippen molar-refractivity contribution in [2.45, 2.75) is 53.0 Å². The summed E-state index contributed by atoms with van der Waals surface area (Å²) in [5.74, 6) is 2.31. The fourth-order valence-corrected chi connectivity index (χ4v) is 2.58. The first kappa shape index (κ1) is 17.8. The molecule has 0 amide bonds. The summed E-state index contributed by atoms with van der Waals surface area (Å²) < 4.78 is 10.9. The van der Waals surface area contributed by atoms with E-state index in [4.69, 9.17) is 9.47 Å². The van der Waals surface area contributed by atoms with Gasteiger partial charge in [-0.15, -0.1) is 0 Å². The summed E-state index contributed by atoms with van der Waals surface area (Å²) in [4.78, 5) is 0. The van der Waals surface area contributed by atoms with Gasteiger partial charge in [-0.05, 0) is 55.5 Å². The van der Waals surface area contributed by atoms with Gasteiger partial charge in [-0.2, -0.15) is 0 Å². The molecule has 0 saturated heterocycles. The largest absolute Gasteiger partial charge is 0.493 e. The molecule has 3 heteroatoms. The first-order valence-corrected chi connectivity index (χ1v) is 8.03. The minimum absolute atomic E-state index is 0.375. The van der Waals surface area contributed by atoms with Crippen molar-refractivity contribution in [3.05, 3.63) is 23.3 Å². The van der Waals surface area contributed by atoms with Crippen molar-refractivity contribution in [3.8, 4) is 11.5 Å². The molecule has 120 valence electrons. The Bertz CT molecular complexity index is 431. The van der Waals surface area contributed by atoms with Crippen LogP contribution in [0.4, 0.5) is 0 Å². The van der Waals surface area contributed by atoms with Gasteiger partial charge in [0.1, 0.15) is 0 Å². The highest BCUT2D eigenvalue weighted by Gasteiger charge is 2.18. The van der Waals surface area contributed by atoms with Gasteiger partial charge in [-0.3, -0.25) is 0 Å². The normalized spacial score (nSPS) is 13.8. The lowest BCUT2D eigenvalue weighted by atomic mass is 9.91. The Balaban J connectivity index is 3.10. The number of aryl methyl sites for hydroxylation is 1. The Labute approximate surface area is 130 Å². The molecule has 3 nitrogen and oxygen atoms in total. The summed E-state index contributed by atoms with van der Waals surface area (Å²) in [5.41, 5.74) is 2.57. The first-order chi connectivity index (χ1) is 10.1. The van der Waals surface area contributed by atoms with Crippen LogP contribution in [0.3, 0.4) is 0 Å². The summed E-state index contributed by atoms with van der Waals surface area (Å²) in [6.45, 7) is 9.96. The molecule has 0 saturated carbocycles. The highest BCUT2D eigenvalue weighted by Crippen LogP contribution is 2.35. The molecule has 21 heavy (non-hydrogen) atoms. The topological polar surface area (TPSA) is 30.5 Å². The molecule has 0 aliphatic carbocycles. The van der Waals surface area contributed by atoms with Crippen LogP contribution in [0.15, 0.2) is 12.1 Å². The smallest absolute Gasteiger partial charge is 0.161 e. The maximum atomic E-state index is 5.47. The van der Waals surface area contributed by atoms with Crippen molar-refractivity contribution in [2.24, 2.45) is 5.92 Å². The Morgan fingerprint density at radius 3 is 2.24 bits per heavy atom. The Morgan fingerprint density at radius 2 is 1.71 bits per heavy atom. The molecule has 0 aromatic heterocycles. The van der Waals surface area contributed by atoms with Crippen LogP contribution in [0.25, 0.3) is 0 Å². The number of hydrogen-bond acceptors (Lipinski definition) is 3. The van der Waals surface area contributed by atoms with Crippen molar-refractivity contribution in [3.63, 3.8) is 0 Å². The third kappa shape index (κ3) is 4.92. The SMILES string of the molecule is CCCNC(CC(C)CC)c1cc(OC)c(OC)cc1C. The lowest BCUT2D eigenvalue weighted by molar-refractivity contribution is 0.351. The van der Waals surface area contributed by atoms with Crippen molar-refractivity contribution < 1.29 is 9.47 Å². The molecule has 0 heterocycles. The lowest BCUT2D eigenvalue weighted by Gasteiger charge is -2.25. The number of ether oxygens (including phenoxy) is 2. The fourth-order valence-electron chi connectivity index (χ4n) is 2.58. The Morgan fingerprint density at radius 1 is 1.10 bits per heavy atom. The summed E-state index contributed by atoms with van der Waals surface area (Å²) in [5, 5.41) is 3.68. The molecule has 1 N–H and O–H groups in total. The molecular formula is C18H31NO2. The molecule has 1 rings (SSSR count). The maximum Gasteiger partial charge on any atom is 0.161 e. The number of methoxy groups -OCH3 is 2. The maximum absolute atomic E-state index is 5.47. The average molecular weight is 293 g/mol. The van der Waals surface area contributed by atoms with E-state index in [0.717, 1.165) is 30.9 Å². The van der Waals surface area contributed by atoms with Gasteiger partial charge in [0.2, 0.25) is 0 Å². The molecule has 2 unspecified atom stereocenters. The van der Waals surface area contributed by atoms with E-state index in [9.17, 15) is 0 Å². The molecule has 0 fully saturated rings. The quantitative estimate of drug-likeness (QED) is 0.727. The molecule has 0 spiro atoms. The number of hydrogen-bond donors (Lipinski definition) is 1. The van der Waals surface area contributed by atoms with Gasteiger partial charge < -0.3 is 14.8 Å². The van der Waals surface area contributed by atoms with Gasteiger partial charge in [0.15, 0.2) is 11.5 Å². The van der Waals surface area contributed by atoms with Crippen LogP contribution in [0.5, 0.6) is 11.5 Å². The zero-order valence-electron chi connectivity index (χ0n) is 14.5. The van der Waals surface area contributed by atoms with E-state index >= 15 is 0 Å². The van der Waals surface area contributed by atoms with Gasteiger partial charge in [0.25, 0.3) is 0 Å². The molecule has 0 aliphatic heterocycles. The van der Waals surface area contributed by atoms with Crippen molar-refractivity contribution in [1.82, 2.24) is 5.32 Å². The van der Waals surface area contributed by atoms with Crippen LogP contribution in [0, 0.1) is 12.8 Å². The molecule has 0 aliphatic rings. The van der Waals surface area contributed by atoms with Crippen LogP contribution in [0.2, 0.25) is 0 Å². The summed E-state index contributed by atoms with van der Waals surface area (Å²) in [6, 6.07) is 4.58. The lowest BCUT2D eigenvalue weighted by Crippen LogP contribution is -2.24. The zero-order chi connectivity index (χ0) is 15.8. The molecule has 1 aromatic carbocycles. The third-order valence-electron chi connectivity index (χ3n) is 4.12. The summed E-state index contributed by atoms with van der Waals surface area (Å²) in [7, 11) is 3.38. The van der Waals surface area contributed by atoms with Gasteiger partial charge in [-0.1, -0.05) is 27.2 Å². The first-order valence-electron chi connectivity index (χ1n) is 8.03. The minimum Gasteiger partial charge on any atom is -0.493 e. The second-order valence-electron chi connectivity index (χ2n) is 5.82. The molecule has 0 radical (unpaired) electrons. The van der Waals surface area contributed by atoms with Crippen LogP contribution >= 0.6 is 0 Å². The second-order valence-corrected chi connectivity index (χ2v) is 5.82. The number of nitrogens with one attached hydrogen (secondary N) is 1. The van der Waals surface area contributed by atoms with Crippen LogP contribution < -0.4 is 14.8 Å². The molecule has 0 bridgehead atoms. The highest BCUT2D eigenvalue weighted by atomic mass is 16.5. The zero-order valence-corrected chi connectivity index (χ0v) is 14.5. The van der Waals surface area contributed by atoms with Gasteiger partial charge >= 0.3 is 0 Å². The molecular weight excluding hydrogens is 262 g/mol. The predicted molar refractivity (Wildman–Crippen MR) is 89.4 cm³/mol. The predicted octanol–water partition coefficient (Wildman–Crippen LogP) is 4.49. The van der Waals surface area contributed by atoms with E-state index in [1.807, 2.05) is 0 Å². The Hall–Kier alpha value is -1.22.